The molecule has 0 aliphatic carbocycles. The van der Waals surface area contributed by atoms with Gasteiger partial charge in [0.1, 0.15) is 22.5 Å². The van der Waals surface area contributed by atoms with Gasteiger partial charge in [0.2, 0.25) is 0 Å². The van der Waals surface area contributed by atoms with Crippen LogP contribution in [-0.2, 0) is 16.0 Å². The van der Waals surface area contributed by atoms with E-state index in [2.05, 4.69) is 6.58 Å². The molecule has 6 nitrogen and oxygen atoms in total. The van der Waals surface area contributed by atoms with Gasteiger partial charge in [0, 0.05) is 31.5 Å². The van der Waals surface area contributed by atoms with Crippen LogP contribution < -0.4 is 14.9 Å². The van der Waals surface area contributed by atoms with Crippen molar-refractivity contribution in [2.75, 3.05) is 0 Å². The van der Waals surface area contributed by atoms with Crippen molar-refractivity contribution in [2.24, 2.45) is 0 Å². The topological polar surface area (TPSA) is 82.8 Å². The summed E-state index contributed by atoms with van der Waals surface area (Å²) in [6.07, 6.45) is 1.80. The Hall–Kier alpha value is -2.89. The Morgan fingerprint density at radius 2 is 1.87 bits per heavy atom. The van der Waals surface area contributed by atoms with Crippen molar-refractivity contribution in [3.63, 3.8) is 0 Å². The average Bonchev–Trinajstić information content (AvgIpc) is 2.40. The number of fused-ring (bicyclic) bond motifs is 1. The number of carbonyl (C=O) groups is 2. The standard InChI is InChI=1S/C17H16O6/c1-5-6-12-14(22-10(3)18)8-15-16(17(12)23-11(4)19)13(20)7-9(2)21-15/h5,7-8H,1,6H2,2-4H3. The van der Waals surface area contributed by atoms with Gasteiger partial charge in [-0.2, -0.15) is 0 Å². The van der Waals surface area contributed by atoms with Crippen molar-refractivity contribution < 1.29 is 23.5 Å². The van der Waals surface area contributed by atoms with Crippen LogP contribution in [0.2, 0.25) is 0 Å². The molecule has 1 aromatic heterocycles. The lowest BCUT2D eigenvalue weighted by atomic mass is 10.0. The van der Waals surface area contributed by atoms with Crippen LogP contribution in [0.4, 0.5) is 0 Å². The quantitative estimate of drug-likeness (QED) is 0.490. The van der Waals surface area contributed by atoms with Gasteiger partial charge in [0.15, 0.2) is 11.2 Å². The van der Waals surface area contributed by atoms with Crippen LogP contribution in [0, 0.1) is 6.92 Å². The first-order valence-electron chi connectivity index (χ1n) is 6.91. The molecule has 0 saturated carbocycles. The lowest BCUT2D eigenvalue weighted by molar-refractivity contribution is -0.132. The van der Waals surface area contributed by atoms with E-state index in [4.69, 9.17) is 13.9 Å². The van der Waals surface area contributed by atoms with E-state index in [9.17, 15) is 14.4 Å². The Morgan fingerprint density at radius 1 is 1.22 bits per heavy atom. The van der Waals surface area contributed by atoms with Crippen LogP contribution in [0.15, 0.2) is 34.0 Å². The summed E-state index contributed by atoms with van der Waals surface area (Å²) in [5.41, 5.74) is 0.212. The number of carbonyl (C=O) groups excluding carboxylic acids is 2. The lowest BCUT2D eigenvalue weighted by Gasteiger charge is -2.15. The monoisotopic (exact) mass is 316 g/mol. The van der Waals surface area contributed by atoms with E-state index in [0.29, 0.717) is 11.3 Å². The lowest BCUT2D eigenvalue weighted by Crippen LogP contribution is -2.12. The zero-order chi connectivity index (χ0) is 17.1. The zero-order valence-electron chi connectivity index (χ0n) is 13.1. The average molecular weight is 316 g/mol. The first-order chi connectivity index (χ1) is 10.8. The molecule has 0 aliphatic rings. The van der Waals surface area contributed by atoms with Crippen molar-refractivity contribution in [1.82, 2.24) is 0 Å². The second kappa shape index (κ2) is 6.48. The minimum absolute atomic E-state index is 0.0277. The SMILES string of the molecule is C=CCc1c(OC(C)=O)cc2oc(C)cc(=O)c2c1OC(C)=O. The Bertz CT molecular complexity index is 859. The second-order valence-corrected chi connectivity index (χ2v) is 4.96. The molecule has 120 valence electrons. The van der Waals surface area contributed by atoms with Crippen LogP contribution >= 0.6 is 0 Å². The number of hydrogen-bond donors (Lipinski definition) is 0. The summed E-state index contributed by atoms with van der Waals surface area (Å²) in [5, 5.41) is 0.124. The molecule has 0 radical (unpaired) electrons. The summed E-state index contributed by atoms with van der Waals surface area (Å²) in [4.78, 5) is 35.1. The normalized spacial score (nSPS) is 10.4. The van der Waals surface area contributed by atoms with Crippen LogP contribution in [0.3, 0.4) is 0 Å². The maximum absolute atomic E-state index is 12.3. The number of rotatable bonds is 4. The zero-order valence-corrected chi connectivity index (χ0v) is 13.1. The third kappa shape index (κ3) is 3.48. The van der Waals surface area contributed by atoms with Gasteiger partial charge in [-0.1, -0.05) is 6.08 Å². The van der Waals surface area contributed by atoms with Crippen molar-refractivity contribution in [3.8, 4) is 11.5 Å². The highest BCUT2D eigenvalue weighted by atomic mass is 16.5. The number of aryl methyl sites for hydroxylation is 1. The van der Waals surface area contributed by atoms with E-state index in [0.717, 1.165) is 0 Å². The molecule has 0 N–H and O–H groups in total. The summed E-state index contributed by atoms with van der Waals surface area (Å²) in [6.45, 7) is 7.72. The Morgan fingerprint density at radius 3 is 2.43 bits per heavy atom. The first kappa shape index (κ1) is 16.5. The fourth-order valence-electron chi connectivity index (χ4n) is 2.27. The van der Waals surface area contributed by atoms with Crippen molar-refractivity contribution in [1.29, 1.82) is 0 Å². The fraction of sp³-hybridized carbons (Fsp3) is 0.235. The molecule has 2 aromatic rings. The highest BCUT2D eigenvalue weighted by molar-refractivity contribution is 5.90. The van der Waals surface area contributed by atoms with Gasteiger partial charge in [-0.05, 0) is 13.3 Å². The van der Waals surface area contributed by atoms with Gasteiger partial charge in [-0.25, -0.2) is 0 Å². The van der Waals surface area contributed by atoms with Gasteiger partial charge >= 0.3 is 11.9 Å². The Balaban J connectivity index is 2.91. The van der Waals surface area contributed by atoms with Gasteiger partial charge in [0.25, 0.3) is 0 Å². The summed E-state index contributed by atoms with van der Waals surface area (Å²) in [6, 6.07) is 2.75. The van der Waals surface area contributed by atoms with E-state index in [1.54, 1.807) is 13.0 Å². The van der Waals surface area contributed by atoms with Crippen LogP contribution in [0.5, 0.6) is 11.5 Å². The van der Waals surface area contributed by atoms with Gasteiger partial charge in [0.05, 0.1) is 0 Å². The van der Waals surface area contributed by atoms with Crippen molar-refractivity contribution in [3.05, 3.63) is 46.3 Å². The van der Waals surface area contributed by atoms with Crippen LogP contribution in [0.25, 0.3) is 11.0 Å². The predicted molar refractivity (Wildman–Crippen MR) is 83.7 cm³/mol. The molecular formula is C17H16O6. The molecular weight excluding hydrogens is 300 g/mol. The highest BCUT2D eigenvalue weighted by Gasteiger charge is 2.21. The Kier molecular flexibility index (Phi) is 4.64. The molecule has 23 heavy (non-hydrogen) atoms. The van der Waals surface area contributed by atoms with Crippen LogP contribution in [-0.4, -0.2) is 11.9 Å². The van der Waals surface area contributed by atoms with Gasteiger partial charge in [-0.15, -0.1) is 6.58 Å². The van der Waals surface area contributed by atoms with Crippen molar-refractivity contribution >= 4 is 22.9 Å². The number of esters is 2. The van der Waals surface area contributed by atoms with E-state index >= 15 is 0 Å². The second-order valence-electron chi connectivity index (χ2n) is 4.96. The molecule has 0 saturated heterocycles. The molecule has 0 bridgehead atoms. The number of ether oxygens (including phenoxy) is 2. The van der Waals surface area contributed by atoms with Gasteiger partial charge < -0.3 is 13.9 Å². The number of allylic oxidation sites excluding steroid dienone is 1. The predicted octanol–water partition coefficient (Wildman–Crippen LogP) is 2.68. The molecule has 1 aromatic carbocycles. The number of hydrogen-bond acceptors (Lipinski definition) is 6. The Labute approximate surface area is 132 Å². The largest absolute Gasteiger partial charge is 0.461 e. The summed E-state index contributed by atoms with van der Waals surface area (Å²) in [5.74, 6) is -0.564. The molecule has 0 unspecified atom stereocenters. The summed E-state index contributed by atoms with van der Waals surface area (Å²) < 4.78 is 15.9. The van der Waals surface area contributed by atoms with E-state index in [1.807, 2.05) is 0 Å². The molecule has 0 amide bonds. The first-order valence-corrected chi connectivity index (χ1v) is 6.91. The van der Waals surface area contributed by atoms with E-state index in [-0.39, 0.29) is 34.3 Å². The third-order valence-corrected chi connectivity index (χ3v) is 3.01. The van der Waals surface area contributed by atoms with Crippen molar-refractivity contribution in [2.45, 2.75) is 27.2 Å². The van der Waals surface area contributed by atoms with Gasteiger partial charge in [-0.3, -0.25) is 14.4 Å². The summed E-state index contributed by atoms with van der Waals surface area (Å²) >= 11 is 0. The maximum Gasteiger partial charge on any atom is 0.308 e. The number of benzene rings is 1. The molecule has 0 fully saturated rings. The maximum atomic E-state index is 12.3. The fourth-order valence-corrected chi connectivity index (χ4v) is 2.27. The smallest absolute Gasteiger partial charge is 0.308 e. The van der Waals surface area contributed by atoms with E-state index in [1.165, 1.54) is 26.0 Å². The molecule has 1 heterocycles. The molecule has 0 spiro atoms. The molecule has 6 heteroatoms. The minimum Gasteiger partial charge on any atom is -0.461 e. The molecule has 0 aliphatic heterocycles. The van der Waals surface area contributed by atoms with Crippen LogP contribution in [0.1, 0.15) is 25.2 Å². The highest BCUT2D eigenvalue weighted by Crippen LogP contribution is 2.36. The third-order valence-electron chi connectivity index (χ3n) is 3.01. The molecule has 2 rings (SSSR count). The van der Waals surface area contributed by atoms with E-state index < -0.39 is 11.9 Å². The molecule has 0 atom stereocenters. The summed E-state index contributed by atoms with van der Waals surface area (Å²) in [7, 11) is 0. The minimum atomic E-state index is -0.600.